The van der Waals surface area contributed by atoms with Gasteiger partial charge in [0.2, 0.25) is 5.76 Å². The number of halogens is 1. The van der Waals surface area contributed by atoms with Gasteiger partial charge in [-0.1, -0.05) is 18.7 Å². The van der Waals surface area contributed by atoms with E-state index < -0.39 is 23.2 Å². The molecule has 0 saturated carbocycles. The molecule has 0 bridgehead atoms. The van der Waals surface area contributed by atoms with Gasteiger partial charge < -0.3 is 23.5 Å². The smallest absolute Gasteiger partial charge is 0.290 e. The Morgan fingerprint density at radius 1 is 1.16 bits per heavy atom. The average Bonchev–Trinajstić information content (AvgIpc) is 3.08. The Balaban J connectivity index is 1.91. The van der Waals surface area contributed by atoms with Crippen molar-refractivity contribution in [3.63, 3.8) is 0 Å². The lowest BCUT2D eigenvalue weighted by atomic mass is 9.98. The van der Waals surface area contributed by atoms with Gasteiger partial charge in [-0.05, 0) is 35.9 Å². The number of rotatable bonds is 8. The third kappa shape index (κ3) is 3.62. The number of fused-ring (bicyclic) bond motifs is 2. The van der Waals surface area contributed by atoms with Crippen LogP contribution in [-0.2, 0) is 4.74 Å². The van der Waals surface area contributed by atoms with E-state index in [1.165, 1.54) is 31.3 Å². The summed E-state index contributed by atoms with van der Waals surface area (Å²) in [7, 11) is 3.03. The molecule has 0 N–H and O–H groups in total. The lowest BCUT2D eigenvalue weighted by molar-refractivity contribution is 0.0663. The van der Waals surface area contributed by atoms with Crippen molar-refractivity contribution in [3.8, 4) is 11.5 Å². The highest BCUT2D eigenvalue weighted by atomic mass is 19.1. The quantitative estimate of drug-likeness (QED) is 0.498. The van der Waals surface area contributed by atoms with E-state index in [9.17, 15) is 14.0 Å². The molecule has 1 atom stereocenters. The van der Waals surface area contributed by atoms with Crippen LogP contribution >= 0.6 is 0 Å². The zero-order chi connectivity index (χ0) is 22.8. The number of hydrogen-bond donors (Lipinski definition) is 0. The zero-order valence-corrected chi connectivity index (χ0v) is 17.7. The first kappa shape index (κ1) is 21.6. The number of carbonyl (C=O) groups is 1. The largest absolute Gasteiger partial charge is 0.493 e. The summed E-state index contributed by atoms with van der Waals surface area (Å²) in [5.41, 5.74) is 0.483. The molecular formula is C24H22FNO6. The zero-order valence-electron chi connectivity index (χ0n) is 17.7. The highest BCUT2D eigenvalue weighted by Crippen LogP contribution is 2.40. The van der Waals surface area contributed by atoms with Crippen molar-refractivity contribution in [2.75, 3.05) is 34.0 Å². The third-order valence-corrected chi connectivity index (χ3v) is 5.32. The van der Waals surface area contributed by atoms with Gasteiger partial charge in [0, 0.05) is 13.7 Å². The van der Waals surface area contributed by atoms with Gasteiger partial charge >= 0.3 is 0 Å². The molecule has 0 aliphatic carbocycles. The van der Waals surface area contributed by atoms with Crippen molar-refractivity contribution in [3.05, 3.63) is 82.0 Å². The minimum atomic E-state index is -0.751. The number of carbonyl (C=O) groups excluding carboxylic acids is 1. The van der Waals surface area contributed by atoms with Crippen LogP contribution in [-0.4, -0.2) is 44.8 Å². The fraction of sp³-hybridized carbons (Fsp3) is 0.250. The van der Waals surface area contributed by atoms with Crippen LogP contribution in [0.5, 0.6) is 11.5 Å². The molecule has 0 unspecified atom stereocenters. The van der Waals surface area contributed by atoms with Crippen LogP contribution in [0.2, 0.25) is 0 Å². The highest BCUT2D eigenvalue weighted by Gasteiger charge is 2.42. The second-order valence-electron chi connectivity index (χ2n) is 7.22. The van der Waals surface area contributed by atoms with Gasteiger partial charge in [-0.15, -0.1) is 0 Å². The monoisotopic (exact) mass is 439 g/mol. The maximum atomic E-state index is 13.8. The second kappa shape index (κ2) is 8.84. The molecule has 166 valence electrons. The summed E-state index contributed by atoms with van der Waals surface area (Å²) in [5.74, 6) is -0.116. The molecule has 1 aromatic heterocycles. The molecule has 2 heterocycles. The molecule has 1 aliphatic heterocycles. The normalized spacial score (nSPS) is 15.2. The predicted octanol–water partition coefficient (Wildman–Crippen LogP) is 3.70. The van der Waals surface area contributed by atoms with Crippen LogP contribution in [0.25, 0.3) is 11.0 Å². The molecule has 7 nitrogen and oxygen atoms in total. The Kier molecular flexibility index (Phi) is 5.96. The number of ether oxygens (including phenoxy) is 3. The number of amides is 1. The summed E-state index contributed by atoms with van der Waals surface area (Å²) in [5, 5.41) is 0.0769. The summed E-state index contributed by atoms with van der Waals surface area (Å²) in [6, 6.07) is 8.07. The van der Waals surface area contributed by atoms with E-state index >= 15 is 0 Å². The van der Waals surface area contributed by atoms with Crippen molar-refractivity contribution in [2.45, 2.75) is 6.04 Å². The van der Waals surface area contributed by atoms with Crippen LogP contribution in [0.4, 0.5) is 4.39 Å². The molecular weight excluding hydrogens is 417 g/mol. The Labute approximate surface area is 183 Å². The second-order valence-corrected chi connectivity index (χ2v) is 7.22. The topological polar surface area (TPSA) is 78.2 Å². The Bertz CT molecular complexity index is 1250. The molecule has 0 fully saturated rings. The van der Waals surface area contributed by atoms with Crippen molar-refractivity contribution in [1.29, 1.82) is 0 Å². The summed E-state index contributed by atoms with van der Waals surface area (Å²) >= 11 is 0. The average molecular weight is 439 g/mol. The fourth-order valence-electron chi connectivity index (χ4n) is 3.88. The van der Waals surface area contributed by atoms with Crippen molar-refractivity contribution in [1.82, 2.24) is 4.90 Å². The van der Waals surface area contributed by atoms with Crippen LogP contribution in [0.1, 0.15) is 27.7 Å². The molecule has 3 aromatic rings. The lowest BCUT2D eigenvalue weighted by Crippen LogP contribution is -2.32. The SMILES string of the molecule is C=CCOc1ccc([C@@H]2c3c(oc4ccc(F)cc4c3=O)C(=O)N2CCOC)cc1OC. The van der Waals surface area contributed by atoms with E-state index in [0.717, 1.165) is 6.07 Å². The minimum Gasteiger partial charge on any atom is -0.493 e. The first-order chi connectivity index (χ1) is 15.5. The molecule has 8 heteroatoms. The Hall–Kier alpha value is -3.65. The molecule has 1 amide bonds. The van der Waals surface area contributed by atoms with Crippen LogP contribution < -0.4 is 14.9 Å². The van der Waals surface area contributed by atoms with E-state index in [-0.39, 0.29) is 35.4 Å². The number of benzene rings is 2. The highest BCUT2D eigenvalue weighted by molar-refractivity contribution is 5.99. The number of hydrogen-bond acceptors (Lipinski definition) is 6. The molecule has 0 spiro atoms. The van der Waals surface area contributed by atoms with Crippen LogP contribution in [0.3, 0.4) is 0 Å². The number of nitrogens with zero attached hydrogens (tertiary/aromatic N) is 1. The van der Waals surface area contributed by atoms with E-state index in [1.807, 2.05) is 0 Å². The van der Waals surface area contributed by atoms with Crippen LogP contribution in [0, 0.1) is 5.82 Å². The van der Waals surface area contributed by atoms with E-state index in [2.05, 4.69) is 6.58 Å². The van der Waals surface area contributed by atoms with Gasteiger partial charge in [-0.3, -0.25) is 9.59 Å². The third-order valence-electron chi connectivity index (χ3n) is 5.32. The maximum Gasteiger partial charge on any atom is 0.290 e. The van der Waals surface area contributed by atoms with Crippen molar-refractivity contribution < 1.29 is 27.8 Å². The van der Waals surface area contributed by atoms with Crippen LogP contribution in [0.15, 0.2) is 58.3 Å². The minimum absolute atomic E-state index is 0.0545. The summed E-state index contributed by atoms with van der Waals surface area (Å²) in [6.45, 7) is 4.41. The van der Waals surface area contributed by atoms with Gasteiger partial charge in [0.1, 0.15) is 18.0 Å². The standard InChI is InChI=1S/C24H22FNO6/c1-4-10-31-18-7-5-14(12-19(18)30-3)21-20-22(27)16-13-15(25)6-8-17(16)32-23(20)24(28)26(21)9-11-29-2/h4-8,12-13,21H,1,9-11H2,2-3H3/t21-/m1/s1. The lowest BCUT2D eigenvalue weighted by Gasteiger charge is -2.25. The number of methoxy groups -OCH3 is 2. The first-order valence-corrected chi connectivity index (χ1v) is 9.98. The van der Waals surface area contributed by atoms with E-state index in [4.69, 9.17) is 18.6 Å². The van der Waals surface area contributed by atoms with Gasteiger partial charge in [-0.2, -0.15) is 0 Å². The predicted molar refractivity (Wildman–Crippen MR) is 116 cm³/mol. The summed E-state index contributed by atoms with van der Waals surface area (Å²) in [4.78, 5) is 28.1. The molecule has 32 heavy (non-hydrogen) atoms. The Morgan fingerprint density at radius 2 is 1.97 bits per heavy atom. The molecule has 4 rings (SSSR count). The molecule has 0 radical (unpaired) electrons. The molecule has 0 saturated heterocycles. The fourth-order valence-corrected chi connectivity index (χ4v) is 3.88. The van der Waals surface area contributed by atoms with Crippen molar-refractivity contribution >= 4 is 16.9 Å². The van der Waals surface area contributed by atoms with Gasteiger partial charge in [0.25, 0.3) is 5.91 Å². The first-order valence-electron chi connectivity index (χ1n) is 9.98. The molecule has 1 aliphatic rings. The van der Waals surface area contributed by atoms with Gasteiger partial charge in [0.15, 0.2) is 16.9 Å². The Morgan fingerprint density at radius 3 is 2.69 bits per heavy atom. The molecule has 2 aromatic carbocycles. The van der Waals surface area contributed by atoms with Gasteiger partial charge in [0.05, 0.1) is 30.7 Å². The van der Waals surface area contributed by atoms with Crippen molar-refractivity contribution in [2.24, 2.45) is 0 Å². The van der Waals surface area contributed by atoms with Gasteiger partial charge in [-0.25, -0.2) is 4.39 Å². The summed E-state index contributed by atoms with van der Waals surface area (Å²) in [6.07, 6.45) is 1.61. The van der Waals surface area contributed by atoms with E-state index in [0.29, 0.717) is 23.7 Å². The maximum absolute atomic E-state index is 13.8. The summed E-state index contributed by atoms with van der Waals surface area (Å²) < 4.78 is 35.8. The van der Waals surface area contributed by atoms with E-state index in [1.54, 1.807) is 24.3 Å².